The standard InChI is InChI=1S/C17H30N2O3S/c1-13(20)22-17(2,3)16(21)18-12-14-4-8-19(9-5-14)15-6-10-23-11-7-15/h14-15H,4-12H2,1-3H3,(H,18,21). The van der Waals surface area contributed by atoms with Crippen LogP contribution < -0.4 is 5.32 Å². The van der Waals surface area contributed by atoms with Crippen molar-refractivity contribution >= 4 is 23.6 Å². The molecular weight excluding hydrogens is 312 g/mol. The van der Waals surface area contributed by atoms with Crippen LogP contribution >= 0.6 is 11.8 Å². The van der Waals surface area contributed by atoms with Crippen LogP contribution in [-0.2, 0) is 14.3 Å². The number of esters is 1. The Hall–Kier alpha value is -0.750. The van der Waals surface area contributed by atoms with E-state index in [1.165, 1.54) is 31.3 Å². The first kappa shape index (κ1) is 18.6. The molecule has 2 heterocycles. The molecule has 0 unspecified atom stereocenters. The van der Waals surface area contributed by atoms with Crippen LogP contribution in [0.5, 0.6) is 0 Å². The number of hydrogen-bond acceptors (Lipinski definition) is 5. The molecule has 0 aromatic rings. The lowest BCUT2D eigenvalue weighted by Gasteiger charge is -2.39. The summed E-state index contributed by atoms with van der Waals surface area (Å²) in [4.78, 5) is 25.8. The van der Waals surface area contributed by atoms with Crippen LogP contribution in [0.4, 0.5) is 0 Å². The van der Waals surface area contributed by atoms with Crippen molar-refractivity contribution in [2.24, 2.45) is 5.92 Å². The van der Waals surface area contributed by atoms with E-state index in [0.717, 1.165) is 32.0 Å². The fraction of sp³-hybridized carbons (Fsp3) is 0.882. The highest BCUT2D eigenvalue weighted by atomic mass is 32.2. The summed E-state index contributed by atoms with van der Waals surface area (Å²) >= 11 is 2.07. The van der Waals surface area contributed by atoms with Gasteiger partial charge in [0.1, 0.15) is 0 Å². The zero-order valence-corrected chi connectivity index (χ0v) is 15.4. The molecule has 0 bridgehead atoms. The van der Waals surface area contributed by atoms with E-state index in [1.807, 2.05) is 0 Å². The topological polar surface area (TPSA) is 58.6 Å². The van der Waals surface area contributed by atoms with Gasteiger partial charge in [0.25, 0.3) is 5.91 Å². The van der Waals surface area contributed by atoms with Crippen molar-refractivity contribution < 1.29 is 14.3 Å². The number of carbonyl (C=O) groups excluding carboxylic acids is 2. The smallest absolute Gasteiger partial charge is 0.303 e. The van der Waals surface area contributed by atoms with Crippen LogP contribution in [0.1, 0.15) is 46.5 Å². The highest BCUT2D eigenvalue weighted by molar-refractivity contribution is 7.99. The lowest BCUT2D eigenvalue weighted by molar-refractivity contribution is -0.163. The van der Waals surface area contributed by atoms with Crippen LogP contribution in [0.2, 0.25) is 0 Å². The number of amides is 1. The van der Waals surface area contributed by atoms with Crippen LogP contribution in [0.3, 0.4) is 0 Å². The minimum Gasteiger partial charge on any atom is -0.450 e. The van der Waals surface area contributed by atoms with E-state index in [9.17, 15) is 9.59 Å². The Morgan fingerprint density at radius 1 is 1.17 bits per heavy atom. The maximum Gasteiger partial charge on any atom is 0.303 e. The zero-order chi connectivity index (χ0) is 16.9. The molecular formula is C17H30N2O3S. The van der Waals surface area contributed by atoms with Gasteiger partial charge in [0.05, 0.1) is 0 Å². The Balaban J connectivity index is 1.70. The predicted molar refractivity (Wildman–Crippen MR) is 93.5 cm³/mol. The van der Waals surface area contributed by atoms with Gasteiger partial charge in [-0.15, -0.1) is 0 Å². The SMILES string of the molecule is CC(=O)OC(C)(C)C(=O)NCC1CCN(C2CCSCC2)CC1. The lowest BCUT2D eigenvalue weighted by atomic mass is 9.94. The quantitative estimate of drug-likeness (QED) is 0.775. The molecule has 132 valence electrons. The molecule has 0 aliphatic carbocycles. The maximum atomic E-state index is 12.2. The number of rotatable bonds is 5. The minimum absolute atomic E-state index is 0.209. The average molecular weight is 343 g/mol. The molecule has 2 rings (SSSR count). The molecule has 1 N–H and O–H groups in total. The van der Waals surface area contributed by atoms with Gasteiger partial charge in [-0.3, -0.25) is 9.59 Å². The van der Waals surface area contributed by atoms with Gasteiger partial charge in [0.15, 0.2) is 5.60 Å². The molecule has 0 radical (unpaired) electrons. The average Bonchev–Trinajstić information content (AvgIpc) is 2.52. The van der Waals surface area contributed by atoms with E-state index in [4.69, 9.17) is 4.74 Å². The number of piperidine rings is 1. The molecule has 0 spiro atoms. The van der Waals surface area contributed by atoms with Gasteiger partial charge in [-0.1, -0.05) is 0 Å². The Bertz CT molecular complexity index is 414. The first-order valence-corrected chi connectivity index (χ1v) is 9.83. The van der Waals surface area contributed by atoms with Crippen LogP contribution in [-0.4, -0.2) is 59.6 Å². The molecule has 2 aliphatic heterocycles. The van der Waals surface area contributed by atoms with Crippen molar-refractivity contribution in [1.82, 2.24) is 10.2 Å². The van der Waals surface area contributed by atoms with E-state index in [0.29, 0.717) is 12.5 Å². The first-order chi connectivity index (χ1) is 10.9. The number of likely N-dealkylation sites (tertiary alicyclic amines) is 1. The molecule has 6 heteroatoms. The lowest BCUT2D eigenvalue weighted by Crippen LogP contribution is -2.48. The molecule has 0 aromatic heterocycles. The summed E-state index contributed by atoms with van der Waals surface area (Å²) in [5.74, 6) is 2.49. The number of carbonyl (C=O) groups is 2. The molecule has 23 heavy (non-hydrogen) atoms. The summed E-state index contributed by atoms with van der Waals surface area (Å²) in [6.07, 6.45) is 4.92. The van der Waals surface area contributed by atoms with E-state index >= 15 is 0 Å². The van der Waals surface area contributed by atoms with Gasteiger partial charge >= 0.3 is 5.97 Å². The van der Waals surface area contributed by atoms with Crippen molar-refractivity contribution in [2.45, 2.75) is 58.1 Å². The van der Waals surface area contributed by atoms with Crippen LogP contribution in [0.15, 0.2) is 0 Å². The molecule has 0 saturated carbocycles. The Morgan fingerprint density at radius 2 is 1.78 bits per heavy atom. The highest BCUT2D eigenvalue weighted by Crippen LogP contribution is 2.26. The molecule has 5 nitrogen and oxygen atoms in total. The maximum absolute atomic E-state index is 12.2. The molecule has 0 atom stereocenters. The van der Waals surface area contributed by atoms with Gasteiger partial charge < -0.3 is 15.0 Å². The van der Waals surface area contributed by atoms with Crippen molar-refractivity contribution in [3.8, 4) is 0 Å². The first-order valence-electron chi connectivity index (χ1n) is 8.68. The monoisotopic (exact) mass is 342 g/mol. The van der Waals surface area contributed by atoms with E-state index in [-0.39, 0.29) is 5.91 Å². The number of nitrogens with one attached hydrogen (secondary N) is 1. The van der Waals surface area contributed by atoms with Gasteiger partial charge in [-0.2, -0.15) is 11.8 Å². The van der Waals surface area contributed by atoms with E-state index < -0.39 is 11.6 Å². The third kappa shape index (κ3) is 5.68. The second kappa shape index (κ2) is 8.38. The minimum atomic E-state index is -1.09. The molecule has 2 aliphatic rings. The Kier molecular flexibility index (Phi) is 6.77. The normalized spacial score (nSPS) is 21.9. The number of thioether (sulfide) groups is 1. The number of nitrogens with zero attached hydrogens (tertiary/aromatic N) is 1. The summed E-state index contributed by atoms with van der Waals surface area (Å²) in [5.41, 5.74) is -1.09. The molecule has 0 aromatic carbocycles. The predicted octanol–water partition coefficient (Wildman–Crippen LogP) is 2.05. The largest absolute Gasteiger partial charge is 0.450 e. The molecule has 1 amide bonds. The van der Waals surface area contributed by atoms with Crippen LogP contribution in [0.25, 0.3) is 0 Å². The second-order valence-corrected chi connectivity index (χ2v) is 8.36. The van der Waals surface area contributed by atoms with Crippen molar-refractivity contribution in [1.29, 1.82) is 0 Å². The summed E-state index contributed by atoms with van der Waals surface area (Å²) in [7, 11) is 0. The van der Waals surface area contributed by atoms with E-state index in [2.05, 4.69) is 22.0 Å². The summed E-state index contributed by atoms with van der Waals surface area (Å²) in [6, 6.07) is 0.773. The summed E-state index contributed by atoms with van der Waals surface area (Å²) in [5, 5.41) is 2.95. The van der Waals surface area contributed by atoms with Gasteiger partial charge in [0.2, 0.25) is 0 Å². The van der Waals surface area contributed by atoms with Crippen molar-refractivity contribution in [3.05, 3.63) is 0 Å². The van der Waals surface area contributed by atoms with Gasteiger partial charge in [-0.05, 0) is 70.0 Å². The Labute approximate surface area is 143 Å². The fourth-order valence-electron chi connectivity index (χ4n) is 3.43. The summed E-state index contributed by atoms with van der Waals surface area (Å²) < 4.78 is 5.07. The zero-order valence-electron chi connectivity index (χ0n) is 14.6. The molecule has 2 fully saturated rings. The Morgan fingerprint density at radius 3 is 2.35 bits per heavy atom. The fourth-order valence-corrected chi connectivity index (χ4v) is 4.51. The van der Waals surface area contributed by atoms with Gasteiger partial charge in [0, 0.05) is 19.5 Å². The molecule has 2 saturated heterocycles. The number of hydrogen-bond donors (Lipinski definition) is 1. The second-order valence-electron chi connectivity index (χ2n) is 7.14. The third-order valence-electron chi connectivity index (χ3n) is 4.85. The van der Waals surface area contributed by atoms with E-state index in [1.54, 1.807) is 13.8 Å². The third-order valence-corrected chi connectivity index (χ3v) is 5.90. The summed E-state index contributed by atoms with van der Waals surface area (Å²) in [6.45, 7) is 7.56. The highest BCUT2D eigenvalue weighted by Gasteiger charge is 2.32. The van der Waals surface area contributed by atoms with Crippen molar-refractivity contribution in [3.63, 3.8) is 0 Å². The number of ether oxygens (including phenoxy) is 1. The van der Waals surface area contributed by atoms with Gasteiger partial charge in [-0.25, -0.2) is 0 Å². The van der Waals surface area contributed by atoms with Crippen LogP contribution in [0, 0.1) is 5.92 Å². The van der Waals surface area contributed by atoms with Crippen molar-refractivity contribution in [2.75, 3.05) is 31.1 Å².